The van der Waals surface area contributed by atoms with Crippen LogP contribution >= 0.6 is 27.3 Å². The highest BCUT2D eigenvalue weighted by atomic mass is 79.9. The van der Waals surface area contributed by atoms with E-state index in [1.807, 2.05) is 12.1 Å². The summed E-state index contributed by atoms with van der Waals surface area (Å²) in [7, 11) is 0. The molecule has 0 fully saturated rings. The van der Waals surface area contributed by atoms with E-state index in [9.17, 15) is 0 Å². The van der Waals surface area contributed by atoms with Gasteiger partial charge in [-0.3, -0.25) is 0 Å². The lowest BCUT2D eigenvalue weighted by Crippen LogP contribution is -1.94. The van der Waals surface area contributed by atoms with Crippen LogP contribution in [0.3, 0.4) is 0 Å². The van der Waals surface area contributed by atoms with Crippen LogP contribution in [0.1, 0.15) is 11.3 Å². The number of rotatable bonds is 3. The third-order valence-electron chi connectivity index (χ3n) is 1.18. The molecule has 4 heteroatoms. The first-order valence-corrected chi connectivity index (χ1v) is 4.67. The Labute approximate surface area is 77.4 Å². The SMILES string of the molecule is N=CCC(=N)c1ccc(Br)s1. The lowest BCUT2D eigenvalue weighted by Gasteiger charge is -1.92. The van der Waals surface area contributed by atoms with Gasteiger partial charge in [-0.15, -0.1) is 11.3 Å². The van der Waals surface area contributed by atoms with Crippen LogP contribution in [0.25, 0.3) is 0 Å². The minimum atomic E-state index is 0.424. The fourth-order valence-corrected chi connectivity index (χ4v) is 2.02. The summed E-state index contributed by atoms with van der Waals surface area (Å²) >= 11 is 4.84. The highest BCUT2D eigenvalue weighted by molar-refractivity contribution is 9.11. The van der Waals surface area contributed by atoms with Crippen molar-refractivity contribution in [2.75, 3.05) is 0 Å². The maximum atomic E-state index is 7.48. The average Bonchev–Trinajstić information content (AvgIpc) is 2.36. The summed E-state index contributed by atoms with van der Waals surface area (Å²) < 4.78 is 1.03. The van der Waals surface area contributed by atoms with Gasteiger partial charge in [0.15, 0.2) is 0 Å². The van der Waals surface area contributed by atoms with Crippen molar-refractivity contribution in [2.45, 2.75) is 6.42 Å². The zero-order chi connectivity index (χ0) is 8.27. The van der Waals surface area contributed by atoms with E-state index in [-0.39, 0.29) is 0 Å². The van der Waals surface area contributed by atoms with E-state index in [0.29, 0.717) is 12.1 Å². The van der Waals surface area contributed by atoms with Crippen LogP contribution in [0.5, 0.6) is 0 Å². The molecule has 58 valence electrons. The van der Waals surface area contributed by atoms with Gasteiger partial charge in [-0.05, 0) is 28.1 Å². The molecule has 1 aromatic heterocycles. The van der Waals surface area contributed by atoms with Crippen molar-refractivity contribution in [2.24, 2.45) is 0 Å². The van der Waals surface area contributed by atoms with Gasteiger partial charge in [0, 0.05) is 17.5 Å². The second-order valence-electron chi connectivity index (χ2n) is 1.99. The molecule has 0 unspecified atom stereocenters. The van der Waals surface area contributed by atoms with Gasteiger partial charge >= 0.3 is 0 Å². The second-order valence-corrected chi connectivity index (χ2v) is 4.45. The van der Waals surface area contributed by atoms with E-state index < -0.39 is 0 Å². The fourth-order valence-electron chi connectivity index (χ4n) is 0.679. The van der Waals surface area contributed by atoms with Crippen LogP contribution in [0, 0.1) is 10.8 Å². The molecule has 0 aliphatic heterocycles. The molecule has 0 saturated heterocycles. The lowest BCUT2D eigenvalue weighted by atomic mass is 10.2. The van der Waals surface area contributed by atoms with Crippen LogP contribution in [-0.4, -0.2) is 11.9 Å². The molecule has 11 heavy (non-hydrogen) atoms. The van der Waals surface area contributed by atoms with Crippen molar-refractivity contribution in [3.05, 3.63) is 20.8 Å². The van der Waals surface area contributed by atoms with Crippen molar-refractivity contribution in [3.63, 3.8) is 0 Å². The van der Waals surface area contributed by atoms with Gasteiger partial charge in [0.25, 0.3) is 0 Å². The van der Waals surface area contributed by atoms with E-state index in [1.165, 1.54) is 17.6 Å². The fraction of sp³-hybridized carbons (Fsp3) is 0.143. The Morgan fingerprint density at radius 1 is 1.64 bits per heavy atom. The Balaban J connectivity index is 2.76. The zero-order valence-corrected chi connectivity index (χ0v) is 8.13. The van der Waals surface area contributed by atoms with E-state index in [2.05, 4.69) is 15.9 Å². The quantitative estimate of drug-likeness (QED) is 0.751. The maximum Gasteiger partial charge on any atom is 0.0705 e. The monoisotopic (exact) mass is 230 g/mol. The largest absolute Gasteiger partial charge is 0.313 e. The normalized spacial score (nSPS) is 9.55. The van der Waals surface area contributed by atoms with Crippen molar-refractivity contribution in [1.82, 2.24) is 0 Å². The molecule has 0 aromatic carbocycles. The summed E-state index contributed by atoms with van der Waals surface area (Å²) in [6, 6.07) is 3.80. The predicted octanol–water partition coefficient (Wildman–Crippen LogP) is 2.92. The van der Waals surface area contributed by atoms with E-state index >= 15 is 0 Å². The maximum absolute atomic E-state index is 7.48. The molecule has 0 aliphatic carbocycles. The van der Waals surface area contributed by atoms with Gasteiger partial charge in [-0.25, -0.2) is 0 Å². The Morgan fingerprint density at radius 2 is 2.36 bits per heavy atom. The number of hydrogen-bond acceptors (Lipinski definition) is 3. The highest BCUT2D eigenvalue weighted by Gasteiger charge is 2.01. The van der Waals surface area contributed by atoms with Crippen molar-refractivity contribution < 1.29 is 0 Å². The minimum absolute atomic E-state index is 0.424. The number of nitrogens with one attached hydrogen (secondary N) is 2. The van der Waals surface area contributed by atoms with Crippen molar-refractivity contribution in [3.8, 4) is 0 Å². The van der Waals surface area contributed by atoms with Gasteiger partial charge < -0.3 is 10.8 Å². The van der Waals surface area contributed by atoms with Gasteiger partial charge in [-0.2, -0.15) is 0 Å². The molecule has 0 spiro atoms. The summed E-state index contributed by atoms with van der Waals surface area (Å²) in [5.74, 6) is 0. The number of halogens is 1. The van der Waals surface area contributed by atoms with Gasteiger partial charge in [0.1, 0.15) is 0 Å². The average molecular weight is 231 g/mol. The Kier molecular flexibility index (Phi) is 2.96. The van der Waals surface area contributed by atoms with Crippen molar-refractivity contribution in [1.29, 1.82) is 10.8 Å². The first kappa shape index (κ1) is 8.62. The Hall–Kier alpha value is -0.480. The van der Waals surface area contributed by atoms with E-state index in [1.54, 1.807) is 0 Å². The van der Waals surface area contributed by atoms with Crippen LogP contribution < -0.4 is 0 Å². The summed E-state index contributed by atoms with van der Waals surface area (Å²) in [4.78, 5) is 0.931. The smallest absolute Gasteiger partial charge is 0.0705 e. The zero-order valence-electron chi connectivity index (χ0n) is 5.73. The predicted molar refractivity (Wildman–Crippen MR) is 52.2 cm³/mol. The molecule has 0 amide bonds. The summed E-state index contributed by atoms with van der Waals surface area (Å²) in [6.45, 7) is 0. The number of thiophene rings is 1. The first-order valence-electron chi connectivity index (χ1n) is 3.06. The van der Waals surface area contributed by atoms with Gasteiger partial charge in [0.05, 0.1) is 9.50 Å². The van der Waals surface area contributed by atoms with E-state index in [4.69, 9.17) is 10.8 Å². The number of hydrogen-bond donors (Lipinski definition) is 2. The molecule has 0 bridgehead atoms. The highest BCUT2D eigenvalue weighted by Crippen LogP contribution is 2.22. The lowest BCUT2D eigenvalue weighted by molar-refractivity contribution is 1.40. The molecule has 1 heterocycles. The molecule has 1 aromatic rings. The molecule has 2 nitrogen and oxygen atoms in total. The Bertz CT molecular complexity index is 280. The topological polar surface area (TPSA) is 47.7 Å². The minimum Gasteiger partial charge on any atom is -0.313 e. The molecule has 1 rings (SSSR count). The molecule has 0 radical (unpaired) electrons. The third kappa shape index (κ3) is 2.24. The summed E-state index contributed by atoms with van der Waals surface area (Å²) in [5, 5.41) is 14.3. The van der Waals surface area contributed by atoms with Crippen molar-refractivity contribution >= 4 is 39.2 Å². The molecule has 0 atom stereocenters. The molecular weight excluding hydrogens is 224 g/mol. The molecular formula is C7H7BrN2S. The summed E-state index contributed by atoms with van der Waals surface area (Å²) in [5.41, 5.74) is 0.510. The van der Waals surface area contributed by atoms with Crippen LogP contribution in [0.15, 0.2) is 15.9 Å². The third-order valence-corrected chi connectivity index (χ3v) is 2.86. The summed E-state index contributed by atoms with van der Waals surface area (Å²) in [6.07, 6.45) is 1.67. The van der Waals surface area contributed by atoms with Crippen LogP contribution in [0.2, 0.25) is 0 Å². The molecule has 2 N–H and O–H groups in total. The van der Waals surface area contributed by atoms with E-state index in [0.717, 1.165) is 8.66 Å². The van der Waals surface area contributed by atoms with Crippen LogP contribution in [-0.2, 0) is 0 Å². The van der Waals surface area contributed by atoms with Gasteiger partial charge in [0.2, 0.25) is 0 Å². The standard InChI is InChI=1S/C7H7BrN2S/c8-7-2-1-6(11-7)5(10)3-4-9/h1-2,4,9-10H,3H2. The van der Waals surface area contributed by atoms with Crippen LogP contribution in [0.4, 0.5) is 0 Å². The molecule has 0 saturated carbocycles. The van der Waals surface area contributed by atoms with Gasteiger partial charge in [-0.1, -0.05) is 0 Å². The molecule has 0 aliphatic rings. The Morgan fingerprint density at radius 3 is 2.82 bits per heavy atom. The first-order chi connectivity index (χ1) is 5.24. The second kappa shape index (κ2) is 3.78.